The van der Waals surface area contributed by atoms with Crippen molar-refractivity contribution in [2.24, 2.45) is 15.7 Å². The quantitative estimate of drug-likeness (QED) is 0.509. The van der Waals surface area contributed by atoms with Crippen molar-refractivity contribution in [3.8, 4) is 5.75 Å². The zero-order chi connectivity index (χ0) is 16.7. The van der Waals surface area contributed by atoms with E-state index in [1.807, 2.05) is 0 Å². The van der Waals surface area contributed by atoms with Crippen LogP contribution < -0.4 is 15.8 Å². The molecule has 9 heteroatoms. The lowest BCUT2D eigenvalue weighted by Crippen LogP contribution is -2.39. The van der Waals surface area contributed by atoms with Crippen molar-refractivity contribution in [1.29, 1.82) is 0 Å². The van der Waals surface area contributed by atoms with E-state index < -0.39 is 6.23 Å². The minimum atomic E-state index is -0.607. The number of pyridine rings is 1. The number of rotatable bonds is 6. The van der Waals surface area contributed by atoms with Crippen LogP contribution in [0.2, 0.25) is 0 Å². The van der Waals surface area contributed by atoms with Crippen LogP contribution in [0.15, 0.2) is 40.2 Å². The van der Waals surface area contributed by atoms with Gasteiger partial charge in [0.25, 0.3) is 0 Å². The molecule has 124 valence electrons. The Labute approximate surface area is 138 Å². The fourth-order valence-electron chi connectivity index (χ4n) is 1.88. The monoisotopic (exact) mass is 339 g/mol. The summed E-state index contributed by atoms with van der Waals surface area (Å²) in [6, 6.07) is 3.43. The molecule has 8 nitrogen and oxygen atoms in total. The van der Waals surface area contributed by atoms with Crippen LogP contribution in [0.3, 0.4) is 0 Å². The number of hydrogen-bond donors (Lipinski definition) is 3. The standard InChI is InChI=1S/C14H18ClN5O3/c1-22-13-12(11(6-16)19-14(15)20-13)17-4-5-23-10-3-2-9(8-21)18-7-10/h2-3,6-7,13,21H,4-5,8,16H2,1H3,(H,19,20). The summed E-state index contributed by atoms with van der Waals surface area (Å²) in [5.41, 5.74) is 7.25. The van der Waals surface area contributed by atoms with Crippen molar-refractivity contribution in [2.75, 3.05) is 20.3 Å². The second-order valence-corrected chi connectivity index (χ2v) is 4.83. The second kappa shape index (κ2) is 8.47. The molecule has 1 unspecified atom stereocenters. The molecule has 0 aliphatic carbocycles. The number of aromatic nitrogens is 1. The van der Waals surface area contributed by atoms with Gasteiger partial charge in [-0.05, 0) is 23.7 Å². The van der Waals surface area contributed by atoms with Crippen molar-refractivity contribution in [1.82, 2.24) is 10.3 Å². The third-order valence-electron chi connectivity index (χ3n) is 2.97. The molecular formula is C14H18ClN5O3. The number of nitrogens with one attached hydrogen (secondary N) is 1. The Morgan fingerprint density at radius 2 is 2.35 bits per heavy atom. The van der Waals surface area contributed by atoms with Crippen molar-refractivity contribution in [3.05, 3.63) is 35.9 Å². The lowest BCUT2D eigenvalue weighted by molar-refractivity contribution is 0.161. The van der Waals surface area contributed by atoms with Crippen LogP contribution in [0.1, 0.15) is 5.69 Å². The Bertz CT molecular complexity index is 615. The van der Waals surface area contributed by atoms with Gasteiger partial charge >= 0.3 is 0 Å². The maximum absolute atomic E-state index is 8.93. The molecule has 1 aliphatic heterocycles. The first-order valence-electron chi connectivity index (χ1n) is 6.86. The normalized spacial score (nSPS) is 21.2. The molecule has 1 aromatic heterocycles. The predicted octanol–water partition coefficient (Wildman–Crippen LogP) is 0.364. The average Bonchev–Trinajstić information content (AvgIpc) is 2.59. The van der Waals surface area contributed by atoms with E-state index in [0.717, 1.165) is 0 Å². The second-order valence-electron chi connectivity index (χ2n) is 4.47. The SMILES string of the molecule is COC1N=C(Cl)NC(=CN)C1=NCCOc1ccc(CO)nc1. The van der Waals surface area contributed by atoms with Gasteiger partial charge in [-0.1, -0.05) is 0 Å². The largest absolute Gasteiger partial charge is 0.490 e. The average molecular weight is 340 g/mol. The van der Waals surface area contributed by atoms with Gasteiger partial charge in [0.05, 0.1) is 30.7 Å². The van der Waals surface area contributed by atoms with Gasteiger partial charge in [-0.2, -0.15) is 0 Å². The molecule has 0 amide bonds. The van der Waals surface area contributed by atoms with Crippen LogP contribution in [0.4, 0.5) is 0 Å². The lowest BCUT2D eigenvalue weighted by Gasteiger charge is -2.22. The number of aliphatic imine (C=N–C) groups is 2. The molecule has 2 rings (SSSR count). The molecular weight excluding hydrogens is 322 g/mol. The Morgan fingerprint density at radius 3 is 2.96 bits per heavy atom. The van der Waals surface area contributed by atoms with E-state index in [1.165, 1.54) is 13.3 Å². The number of hydrogen-bond acceptors (Lipinski definition) is 8. The zero-order valence-electron chi connectivity index (χ0n) is 12.6. The summed E-state index contributed by atoms with van der Waals surface area (Å²) < 4.78 is 10.8. The smallest absolute Gasteiger partial charge is 0.198 e. The zero-order valence-corrected chi connectivity index (χ0v) is 13.3. The van der Waals surface area contributed by atoms with E-state index in [4.69, 9.17) is 31.9 Å². The maximum atomic E-state index is 8.93. The maximum Gasteiger partial charge on any atom is 0.198 e. The van der Waals surface area contributed by atoms with Crippen LogP contribution in [-0.2, 0) is 11.3 Å². The minimum absolute atomic E-state index is 0.101. The van der Waals surface area contributed by atoms with Gasteiger partial charge in [0, 0.05) is 13.3 Å². The number of nitrogens with zero attached hydrogens (tertiary/aromatic N) is 3. The van der Waals surface area contributed by atoms with Crippen LogP contribution in [0.25, 0.3) is 0 Å². The van der Waals surface area contributed by atoms with E-state index in [1.54, 1.807) is 18.3 Å². The Balaban J connectivity index is 1.95. The van der Waals surface area contributed by atoms with Crippen molar-refractivity contribution in [2.45, 2.75) is 12.8 Å². The van der Waals surface area contributed by atoms with Gasteiger partial charge in [0.1, 0.15) is 18.1 Å². The van der Waals surface area contributed by atoms with Crippen molar-refractivity contribution in [3.63, 3.8) is 0 Å². The van der Waals surface area contributed by atoms with Crippen LogP contribution in [0.5, 0.6) is 5.75 Å². The van der Waals surface area contributed by atoms with Gasteiger partial charge in [0.15, 0.2) is 11.5 Å². The number of halogens is 1. The first kappa shape index (κ1) is 17.2. The highest BCUT2D eigenvalue weighted by molar-refractivity contribution is 6.65. The summed E-state index contributed by atoms with van der Waals surface area (Å²) in [6.45, 7) is 0.620. The Kier molecular flexibility index (Phi) is 6.33. The highest BCUT2D eigenvalue weighted by atomic mass is 35.5. The molecule has 1 atom stereocenters. The van der Waals surface area contributed by atoms with Crippen LogP contribution >= 0.6 is 11.6 Å². The predicted molar refractivity (Wildman–Crippen MR) is 87.4 cm³/mol. The molecule has 4 N–H and O–H groups in total. The number of methoxy groups -OCH3 is 1. The first-order valence-corrected chi connectivity index (χ1v) is 7.24. The number of aliphatic hydroxyl groups excluding tert-OH is 1. The molecule has 1 aromatic rings. The summed E-state index contributed by atoms with van der Waals surface area (Å²) in [4.78, 5) is 12.5. The molecule has 0 aromatic carbocycles. The lowest BCUT2D eigenvalue weighted by atomic mass is 10.2. The highest BCUT2D eigenvalue weighted by Crippen LogP contribution is 2.12. The Hall–Kier alpha value is -2.16. The van der Waals surface area contributed by atoms with E-state index in [9.17, 15) is 0 Å². The summed E-state index contributed by atoms with van der Waals surface area (Å²) in [5, 5.41) is 11.9. The fraction of sp³-hybridized carbons (Fsp3) is 0.357. The molecule has 0 radical (unpaired) electrons. The minimum Gasteiger partial charge on any atom is -0.490 e. The third-order valence-corrected chi connectivity index (χ3v) is 3.16. The molecule has 23 heavy (non-hydrogen) atoms. The van der Waals surface area contributed by atoms with Gasteiger partial charge in [-0.25, -0.2) is 4.99 Å². The van der Waals surface area contributed by atoms with Gasteiger partial charge < -0.3 is 25.6 Å². The summed E-state index contributed by atoms with van der Waals surface area (Å²) in [5.74, 6) is 0.600. The summed E-state index contributed by atoms with van der Waals surface area (Å²) in [7, 11) is 1.51. The topological polar surface area (TPSA) is 114 Å². The van der Waals surface area contributed by atoms with E-state index >= 15 is 0 Å². The summed E-state index contributed by atoms with van der Waals surface area (Å²) in [6.07, 6.45) is 2.30. The number of aliphatic hydroxyl groups is 1. The highest BCUT2D eigenvalue weighted by Gasteiger charge is 2.24. The van der Waals surface area contributed by atoms with E-state index in [-0.39, 0.29) is 11.9 Å². The van der Waals surface area contributed by atoms with Gasteiger partial charge in [-0.3, -0.25) is 9.98 Å². The van der Waals surface area contributed by atoms with Gasteiger partial charge in [-0.15, -0.1) is 0 Å². The van der Waals surface area contributed by atoms with Crippen molar-refractivity contribution < 1.29 is 14.6 Å². The Morgan fingerprint density at radius 1 is 1.52 bits per heavy atom. The molecule has 0 saturated carbocycles. The molecule has 1 aliphatic rings. The van der Waals surface area contributed by atoms with Crippen molar-refractivity contribution >= 4 is 22.6 Å². The fourth-order valence-corrected chi connectivity index (χ4v) is 2.07. The molecule has 2 heterocycles. The number of nitrogens with two attached hydrogens (primary N) is 1. The van der Waals surface area contributed by atoms with Gasteiger partial charge in [0.2, 0.25) is 0 Å². The molecule has 0 bridgehead atoms. The van der Waals surface area contributed by atoms with Crippen LogP contribution in [0, 0.1) is 0 Å². The summed E-state index contributed by atoms with van der Waals surface area (Å²) >= 11 is 5.85. The number of amidine groups is 1. The van der Waals surface area contributed by atoms with E-state index in [2.05, 4.69) is 20.3 Å². The third kappa shape index (κ3) is 4.65. The van der Waals surface area contributed by atoms with E-state index in [0.29, 0.717) is 36.0 Å². The first-order chi connectivity index (χ1) is 11.2. The molecule has 0 fully saturated rings. The number of ether oxygens (including phenoxy) is 2. The molecule has 0 saturated heterocycles. The van der Waals surface area contributed by atoms with Crippen LogP contribution in [-0.4, -0.2) is 47.6 Å². The molecule has 0 spiro atoms.